The van der Waals surface area contributed by atoms with Crippen LogP contribution in [0.2, 0.25) is 0 Å². The third kappa shape index (κ3) is 3.89. The Morgan fingerprint density at radius 2 is 2.09 bits per heavy atom. The summed E-state index contributed by atoms with van der Waals surface area (Å²) in [4.78, 5) is 12.3. The number of hydrogen-bond donors (Lipinski definition) is 2. The number of amides is 1. The number of benzene rings is 1. The van der Waals surface area contributed by atoms with Crippen molar-refractivity contribution >= 4 is 27.5 Å². The Hall–Kier alpha value is -1.80. The molecular weight excluding hydrogens is 358 g/mol. The number of rotatable bonds is 5. The number of nitrogens with two attached hydrogens (primary N) is 1. The highest BCUT2D eigenvalue weighted by Gasteiger charge is 2.30. The molecule has 0 aliphatic carbocycles. The predicted octanol–water partition coefficient (Wildman–Crippen LogP) is 2.72. The zero-order chi connectivity index (χ0) is 16.3. The molecule has 3 N–H and O–H groups in total. The minimum absolute atomic E-state index is 0.319. The summed E-state index contributed by atoms with van der Waals surface area (Å²) in [5, 5.41) is 6.34. The molecule has 118 valence electrons. The van der Waals surface area contributed by atoms with Crippen molar-refractivity contribution in [1.82, 2.24) is 9.78 Å². The normalized spacial score (nSPS) is 13.9. The molecule has 1 amide bonds. The van der Waals surface area contributed by atoms with Gasteiger partial charge in [0.25, 0.3) is 6.43 Å². The largest absolute Gasteiger partial charge is 0.322 e. The maximum Gasteiger partial charge on any atom is 0.257 e. The van der Waals surface area contributed by atoms with Gasteiger partial charge in [0.1, 0.15) is 12.1 Å². The summed E-state index contributed by atoms with van der Waals surface area (Å²) in [6.45, 7) is 1.05. The molecule has 0 saturated carbocycles. The third-order valence-electron chi connectivity index (χ3n) is 3.13. The van der Waals surface area contributed by atoms with Crippen LogP contribution in [0.3, 0.4) is 0 Å². The molecule has 0 saturated heterocycles. The lowest BCUT2D eigenvalue weighted by Crippen LogP contribution is -2.45. The van der Waals surface area contributed by atoms with Gasteiger partial charge in [-0.2, -0.15) is 5.10 Å². The lowest BCUT2D eigenvalue weighted by molar-refractivity contribution is -0.120. The van der Waals surface area contributed by atoms with E-state index in [0.717, 1.165) is 9.15 Å². The number of alkyl halides is 2. The summed E-state index contributed by atoms with van der Waals surface area (Å²) >= 11 is 3.31. The molecule has 0 radical (unpaired) electrons. The van der Waals surface area contributed by atoms with Crippen molar-refractivity contribution < 1.29 is 13.6 Å². The van der Waals surface area contributed by atoms with E-state index >= 15 is 0 Å². The lowest BCUT2D eigenvalue weighted by atomic mass is 9.92. The molecule has 8 heteroatoms. The highest BCUT2D eigenvalue weighted by atomic mass is 79.9. The summed E-state index contributed by atoms with van der Waals surface area (Å²) in [6, 6.07) is 7.05. The van der Waals surface area contributed by atoms with Crippen LogP contribution < -0.4 is 11.1 Å². The van der Waals surface area contributed by atoms with Gasteiger partial charge in [-0.3, -0.25) is 9.48 Å². The third-order valence-corrected chi connectivity index (χ3v) is 3.66. The highest BCUT2D eigenvalue weighted by Crippen LogP contribution is 2.22. The van der Waals surface area contributed by atoms with Crippen LogP contribution in [-0.4, -0.2) is 22.1 Å². The molecule has 1 aromatic carbocycles. The molecule has 1 unspecified atom stereocenters. The summed E-state index contributed by atoms with van der Waals surface area (Å²) in [5.41, 5.74) is 5.79. The molecule has 1 atom stereocenters. The maximum absolute atomic E-state index is 12.3. The van der Waals surface area contributed by atoms with Gasteiger partial charge in [0, 0.05) is 10.7 Å². The van der Waals surface area contributed by atoms with Crippen molar-refractivity contribution in [3.63, 3.8) is 0 Å². The molecule has 0 spiro atoms. The van der Waals surface area contributed by atoms with Gasteiger partial charge in [0.05, 0.1) is 11.9 Å². The van der Waals surface area contributed by atoms with Crippen LogP contribution in [-0.2, 0) is 16.9 Å². The number of nitrogens with one attached hydrogen (secondary N) is 1. The van der Waals surface area contributed by atoms with Crippen LogP contribution in [0, 0.1) is 0 Å². The molecule has 0 aliphatic rings. The summed E-state index contributed by atoms with van der Waals surface area (Å²) in [5.74, 6) is -0.452. The standard InChI is InChI=1S/C14H15BrF2N4O/c1-14(18,9-2-4-10(15)5-3-9)13(22)20-11-6-19-21(7-11)8-12(16)17/h2-7,12H,8,18H2,1H3,(H,20,22). The van der Waals surface area contributed by atoms with Gasteiger partial charge in [0.2, 0.25) is 5.91 Å². The van der Waals surface area contributed by atoms with E-state index in [1.807, 2.05) is 0 Å². The first-order chi connectivity index (χ1) is 10.3. The number of halogens is 3. The van der Waals surface area contributed by atoms with E-state index in [9.17, 15) is 13.6 Å². The van der Waals surface area contributed by atoms with E-state index in [4.69, 9.17) is 5.73 Å². The van der Waals surface area contributed by atoms with E-state index in [-0.39, 0.29) is 0 Å². The number of carbonyl (C=O) groups is 1. The van der Waals surface area contributed by atoms with Crippen LogP contribution in [0.25, 0.3) is 0 Å². The summed E-state index contributed by atoms with van der Waals surface area (Å²) in [7, 11) is 0. The number of carbonyl (C=O) groups excluding carboxylic acids is 1. The zero-order valence-corrected chi connectivity index (χ0v) is 13.3. The van der Waals surface area contributed by atoms with E-state index in [0.29, 0.717) is 11.3 Å². The molecule has 0 aliphatic heterocycles. The van der Waals surface area contributed by atoms with Crippen molar-refractivity contribution in [2.24, 2.45) is 5.73 Å². The van der Waals surface area contributed by atoms with Crippen LogP contribution in [0.5, 0.6) is 0 Å². The van der Waals surface area contributed by atoms with Crippen molar-refractivity contribution in [3.05, 3.63) is 46.7 Å². The van der Waals surface area contributed by atoms with E-state index in [1.165, 1.54) is 12.4 Å². The second kappa shape index (κ2) is 6.53. The minimum atomic E-state index is -2.51. The molecule has 1 heterocycles. The van der Waals surface area contributed by atoms with Crippen LogP contribution in [0.1, 0.15) is 12.5 Å². The molecule has 2 aromatic rings. The SMILES string of the molecule is CC(N)(C(=O)Nc1cnn(CC(F)F)c1)c1ccc(Br)cc1. The fourth-order valence-corrected chi connectivity index (χ4v) is 2.12. The van der Waals surface area contributed by atoms with Crippen molar-refractivity contribution in [2.75, 3.05) is 5.32 Å². The Bertz CT molecular complexity index is 655. The predicted molar refractivity (Wildman–Crippen MR) is 82.5 cm³/mol. The number of anilines is 1. The summed E-state index contributed by atoms with van der Waals surface area (Å²) < 4.78 is 26.5. The van der Waals surface area contributed by atoms with Gasteiger partial charge in [0.15, 0.2) is 0 Å². The Morgan fingerprint density at radius 1 is 1.45 bits per heavy atom. The van der Waals surface area contributed by atoms with Gasteiger partial charge < -0.3 is 11.1 Å². The van der Waals surface area contributed by atoms with Gasteiger partial charge in [-0.05, 0) is 24.6 Å². The molecule has 0 bridgehead atoms. The second-order valence-corrected chi connectivity index (χ2v) is 5.92. The Morgan fingerprint density at radius 3 is 2.68 bits per heavy atom. The van der Waals surface area contributed by atoms with E-state index in [1.54, 1.807) is 31.2 Å². The molecule has 5 nitrogen and oxygen atoms in total. The Labute approximate surface area is 134 Å². The first-order valence-electron chi connectivity index (χ1n) is 6.46. The van der Waals surface area contributed by atoms with Crippen LogP contribution in [0.15, 0.2) is 41.1 Å². The Kier molecular flexibility index (Phi) is 4.92. The monoisotopic (exact) mass is 372 g/mol. The number of hydrogen-bond acceptors (Lipinski definition) is 3. The minimum Gasteiger partial charge on any atom is -0.322 e. The molecule has 2 rings (SSSR count). The summed E-state index contributed by atoms with van der Waals surface area (Å²) in [6.07, 6.45) is 0.130. The van der Waals surface area contributed by atoms with E-state index < -0.39 is 24.4 Å². The molecule has 0 fully saturated rings. The first kappa shape index (κ1) is 16.6. The highest BCUT2D eigenvalue weighted by molar-refractivity contribution is 9.10. The second-order valence-electron chi connectivity index (χ2n) is 5.01. The van der Waals surface area contributed by atoms with Gasteiger partial charge in [-0.1, -0.05) is 28.1 Å². The smallest absolute Gasteiger partial charge is 0.257 e. The van der Waals surface area contributed by atoms with Crippen molar-refractivity contribution in [2.45, 2.75) is 25.4 Å². The number of aromatic nitrogens is 2. The lowest BCUT2D eigenvalue weighted by Gasteiger charge is -2.23. The van der Waals surface area contributed by atoms with Gasteiger partial charge in [-0.25, -0.2) is 8.78 Å². The van der Waals surface area contributed by atoms with Crippen LogP contribution in [0.4, 0.5) is 14.5 Å². The van der Waals surface area contributed by atoms with Crippen molar-refractivity contribution in [3.8, 4) is 0 Å². The molecule has 22 heavy (non-hydrogen) atoms. The fraction of sp³-hybridized carbons (Fsp3) is 0.286. The van der Waals surface area contributed by atoms with E-state index in [2.05, 4.69) is 26.3 Å². The van der Waals surface area contributed by atoms with Gasteiger partial charge in [-0.15, -0.1) is 0 Å². The first-order valence-corrected chi connectivity index (χ1v) is 7.25. The quantitative estimate of drug-likeness (QED) is 0.847. The topological polar surface area (TPSA) is 72.9 Å². The average molecular weight is 373 g/mol. The maximum atomic E-state index is 12.3. The van der Waals surface area contributed by atoms with Gasteiger partial charge >= 0.3 is 0 Å². The molecule has 1 aromatic heterocycles. The zero-order valence-electron chi connectivity index (χ0n) is 11.8. The molecular formula is C14H15BrF2N4O. The fourth-order valence-electron chi connectivity index (χ4n) is 1.86. The van der Waals surface area contributed by atoms with Crippen molar-refractivity contribution in [1.29, 1.82) is 0 Å². The number of nitrogens with zero attached hydrogens (tertiary/aromatic N) is 2. The van der Waals surface area contributed by atoms with Crippen LogP contribution >= 0.6 is 15.9 Å². The average Bonchev–Trinajstić information content (AvgIpc) is 2.85. The Balaban J connectivity index is 2.10.